The number of fused-ring (bicyclic) bond motifs is 1. The molecule has 18 heavy (non-hydrogen) atoms. The summed E-state index contributed by atoms with van der Waals surface area (Å²) in [6, 6.07) is 11.8. The Labute approximate surface area is 106 Å². The van der Waals surface area contributed by atoms with Crippen molar-refractivity contribution in [1.82, 2.24) is 9.78 Å². The van der Waals surface area contributed by atoms with E-state index in [1.54, 1.807) is 10.7 Å². The van der Waals surface area contributed by atoms with Gasteiger partial charge in [-0.15, -0.1) is 0 Å². The number of nitrogens with zero attached hydrogens (tertiary/aromatic N) is 2. The number of rotatable bonds is 2. The molecule has 0 fully saturated rings. The van der Waals surface area contributed by atoms with Crippen molar-refractivity contribution in [3.63, 3.8) is 0 Å². The molecule has 0 spiro atoms. The number of hydrogen-bond donors (Lipinski definition) is 0. The summed E-state index contributed by atoms with van der Waals surface area (Å²) in [7, 11) is 0. The van der Waals surface area contributed by atoms with Crippen molar-refractivity contribution in [2.75, 3.05) is 0 Å². The average Bonchev–Trinajstić information content (AvgIpc) is 2.41. The van der Waals surface area contributed by atoms with Crippen molar-refractivity contribution in [1.29, 1.82) is 0 Å². The predicted octanol–water partition coefficient (Wildman–Crippen LogP) is 2.17. The summed E-state index contributed by atoms with van der Waals surface area (Å²) in [6.45, 7) is 0.562. The third-order valence-electron chi connectivity index (χ3n) is 3.45. The highest BCUT2D eigenvalue weighted by Crippen LogP contribution is 2.17. The zero-order valence-electron chi connectivity index (χ0n) is 10.3. The third-order valence-corrected chi connectivity index (χ3v) is 3.45. The van der Waals surface area contributed by atoms with Gasteiger partial charge in [0.1, 0.15) is 0 Å². The Morgan fingerprint density at radius 2 is 1.89 bits per heavy atom. The Bertz CT molecular complexity index is 602. The largest absolute Gasteiger partial charge is 0.268 e. The first-order valence-corrected chi connectivity index (χ1v) is 6.47. The molecule has 3 heteroatoms. The van der Waals surface area contributed by atoms with Crippen LogP contribution in [0, 0.1) is 0 Å². The minimum absolute atomic E-state index is 0.0134. The van der Waals surface area contributed by atoms with Crippen LogP contribution in [0.2, 0.25) is 0 Å². The topological polar surface area (TPSA) is 34.9 Å². The van der Waals surface area contributed by atoms with E-state index in [1.807, 2.05) is 30.3 Å². The van der Waals surface area contributed by atoms with E-state index in [0.717, 1.165) is 29.7 Å². The molecule has 0 amide bonds. The van der Waals surface area contributed by atoms with Gasteiger partial charge in [0.05, 0.1) is 12.2 Å². The van der Waals surface area contributed by atoms with Gasteiger partial charge < -0.3 is 0 Å². The van der Waals surface area contributed by atoms with Crippen molar-refractivity contribution < 1.29 is 0 Å². The van der Waals surface area contributed by atoms with Gasteiger partial charge in [0.25, 0.3) is 5.56 Å². The van der Waals surface area contributed by atoms with Gasteiger partial charge >= 0.3 is 0 Å². The van der Waals surface area contributed by atoms with Gasteiger partial charge in [-0.2, -0.15) is 5.10 Å². The first-order chi connectivity index (χ1) is 8.83. The molecule has 0 bridgehead atoms. The zero-order chi connectivity index (χ0) is 12.4. The minimum atomic E-state index is 0.0134. The van der Waals surface area contributed by atoms with Gasteiger partial charge in [-0.05, 0) is 36.8 Å². The highest BCUT2D eigenvalue weighted by atomic mass is 16.1. The molecule has 3 nitrogen and oxygen atoms in total. The van der Waals surface area contributed by atoms with E-state index in [1.165, 1.54) is 12.8 Å². The molecule has 1 aliphatic rings. The molecule has 0 atom stereocenters. The molecule has 3 rings (SSSR count). The second-order valence-electron chi connectivity index (χ2n) is 4.80. The number of benzene rings is 1. The minimum Gasteiger partial charge on any atom is -0.268 e. The van der Waals surface area contributed by atoms with Crippen LogP contribution in [0.15, 0.2) is 41.2 Å². The number of aromatic nitrogens is 2. The molecular weight excluding hydrogens is 224 g/mol. The van der Waals surface area contributed by atoms with Crippen LogP contribution in [0.3, 0.4) is 0 Å². The van der Waals surface area contributed by atoms with Crippen molar-refractivity contribution in [3.05, 3.63) is 63.6 Å². The fraction of sp³-hybridized carbons (Fsp3) is 0.333. The highest BCUT2D eigenvalue weighted by Gasteiger charge is 2.13. The Morgan fingerprint density at radius 3 is 2.72 bits per heavy atom. The van der Waals surface area contributed by atoms with Crippen LogP contribution in [0.1, 0.15) is 29.7 Å². The Morgan fingerprint density at radius 1 is 1.11 bits per heavy atom. The summed E-state index contributed by atoms with van der Waals surface area (Å²) < 4.78 is 1.58. The Kier molecular flexibility index (Phi) is 2.97. The molecule has 0 aliphatic heterocycles. The van der Waals surface area contributed by atoms with Gasteiger partial charge in [0.2, 0.25) is 0 Å². The van der Waals surface area contributed by atoms with Crippen LogP contribution in [0.5, 0.6) is 0 Å². The van der Waals surface area contributed by atoms with Crippen LogP contribution in [-0.2, 0) is 19.4 Å². The van der Waals surface area contributed by atoms with E-state index >= 15 is 0 Å². The lowest BCUT2D eigenvalue weighted by Crippen LogP contribution is -2.26. The van der Waals surface area contributed by atoms with Crippen LogP contribution < -0.4 is 5.56 Å². The summed E-state index contributed by atoms with van der Waals surface area (Å²) in [5.41, 5.74) is 3.38. The first-order valence-electron chi connectivity index (χ1n) is 6.47. The Hall–Kier alpha value is -1.90. The van der Waals surface area contributed by atoms with Crippen molar-refractivity contribution in [2.45, 2.75) is 32.2 Å². The SMILES string of the molecule is O=c1cc2c(nn1Cc1ccccc1)CCCC2. The lowest BCUT2D eigenvalue weighted by atomic mass is 9.97. The van der Waals surface area contributed by atoms with E-state index in [2.05, 4.69) is 5.10 Å². The molecule has 1 aromatic heterocycles. The fourth-order valence-electron chi connectivity index (χ4n) is 2.47. The van der Waals surface area contributed by atoms with Crippen molar-refractivity contribution in [3.8, 4) is 0 Å². The maximum absolute atomic E-state index is 12.0. The molecule has 1 heterocycles. The molecule has 0 N–H and O–H groups in total. The van der Waals surface area contributed by atoms with E-state index in [0.29, 0.717) is 6.54 Å². The molecule has 2 aromatic rings. The second-order valence-corrected chi connectivity index (χ2v) is 4.80. The zero-order valence-corrected chi connectivity index (χ0v) is 10.3. The molecule has 0 unspecified atom stereocenters. The van der Waals surface area contributed by atoms with Crippen LogP contribution in [0.25, 0.3) is 0 Å². The van der Waals surface area contributed by atoms with Crippen LogP contribution in [0.4, 0.5) is 0 Å². The van der Waals surface area contributed by atoms with Gasteiger partial charge in [-0.3, -0.25) is 4.79 Å². The Balaban J connectivity index is 1.95. The van der Waals surface area contributed by atoms with Crippen LogP contribution >= 0.6 is 0 Å². The molecule has 0 saturated carbocycles. The molecule has 1 aromatic carbocycles. The van der Waals surface area contributed by atoms with E-state index in [9.17, 15) is 4.79 Å². The summed E-state index contributed by atoms with van der Waals surface area (Å²) in [4.78, 5) is 12.0. The summed E-state index contributed by atoms with van der Waals surface area (Å²) >= 11 is 0. The number of aryl methyl sites for hydroxylation is 2. The summed E-state index contributed by atoms with van der Waals surface area (Å²) in [5.74, 6) is 0. The quantitative estimate of drug-likeness (QED) is 0.806. The fourth-order valence-corrected chi connectivity index (χ4v) is 2.47. The smallest absolute Gasteiger partial charge is 0.267 e. The maximum Gasteiger partial charge on any atom is 0.267 e. The van der Waals surface area contributed by atoms with E-state index in [-0.39, 0.29) is 5.56 Å². The molecule has 1 aliphatic carbocycles. The standard InChI is InChI=1S/C15H16N2O/c18-15-10-13-8-4-5-9-14(13)16-17(15)11-12-6-2-1-3-7-12/h1-3,6-7,10H,4-5,8-9,11H2. The third kappa shape index (κ3) is 2.21. The second kappa shape index (κ2) is 4.77. The first kappa shape index (κ1) is 11.2. The van der Waals surface area contributed by atoms with E-state index < -0.39 is 0 Å². The average molecular weight is 240 g/mol. The monoisotopic (exact) mass is 240 g/mol. The summed E-state index contributed by atoms with van der Waals surface area (Å²) in [6.07, 6.45) is 4.37. The highest BCUT2D eigenvalue weighted by molar-refractivity contribution is 5.21. The lowest BCUT2D eigenvalue weighted by Gasteiger charge is -2.15. The van der Waals surface area contributed by atoms with Gasteiger partial charge in [-0.1, -0.05) is 30.3 Å². The predicted molar refractivity (Wildman–Crippen MR) is 70.7 cm³/mol. The molecule has 0 saturated heterocycles. The van der Waals surface area contributed by atoms with Gasteiger partial charge in [0, 0.05) is 6.07 Å². The number of hydrogen-bond acceptors (Lipinski definition) is 2. The molecular formula is C15H16N2O. The molecule has 92 valence electrons. The molecule has 0 radical (unpaired) electrons. The normalized spacial score (nSPS) is 14.2. The van der Waals surface area contributed by atoms with Gasteiger partial charge in [0.15, 0.2) is 0 Å². The van der Waals surface area contributed by atoms with E-state index in [4.69, 9.17) is 0 Å². The van der Waals surface area contributed by atoms with Crippen molar-refractivity contribution in [2.24, 2.45) is 0 Å². The summed E-state index contributed by atoms with van der Waals surface area (Å²) in [5, 5.41) is 4.51. The van der Waals surface area contributed by atoms with Gasteiger partial charge in [-0.25, -0.2) is 4.68 Å². The van der Waals surface area contributed by atoms with Crippen molar-refractivity contribution >= 4 is 0 Å². The maximum atomic E-state index is 12.0. The lowest BCUT2D eigenvalue weighted by molar-refractivity contribution is 0.574. The van der Waals surface area contributed by atoms with Crippen LogP contribution in [-0.4, -0.2) is 9.78 Å².